The van der Waals surface area contributed by atoms with Crippen molar-refractivity contribution in [1.29, 1.82) is 0 Å². The highest BCUT2D eigenvalue weighted by Gasteiger charge is 2.19. The maximum absolute atomic E-state index is 13.5. The van der Waals surface area contributed by atoms with E-state index in [1.807, 2.05) is 0 Å². The Labute approximate surface area is 103 Å². The van der Waals surface area contributed by atoms with Gasteiger partial charge in [-0.2, -0.15) is 0 Å². The molecule has 1 aliphatic carbocycles. The largest absolute Gasteiger partial charge is 0.478 e. The lowest BCUT2D eigenvalue weighted by Gasteiger charge is -2.12. The van der Waals surface area contributed by atoms with E-state index < -0.39 is 11.8 Å². The normalized spacial score (nSPS) is 16.3. The zero-order chi connectivity index (χ0) is 12.4. The van der Waals surface area contributed by atoms with Crippen LogP contribution in [-0.2, 0) is 0 Å². The molecule has 0 heterocycles. The van der Waals surface area contributed by atoms with Crippen LogP contribution in [0.4, 0.5) is 10.1 Å². The molecular formula is C12H14FNO2S. The molecule has 0 radical (unpaired) electrons. The van der Waals surface area contributed by atoms with Crippen LogP contribution in [0.3, 0.4) is 0 Å². The Morgan fingerprint density at radius 2 is 2.06 bits per heavy atom. The molecule has 1 aromatic carbocycles. The third kappa shape index (κ3) is 2.72. The van der Waals surface area contributed by atoms with Gasteiger partial charge in [0.25, 0.3) is 0 Å². The second-order valence-corrected chi connectivity index (χ2v) is 5.54. The Morgan fingerprint density at radius 3 is 2.65 bits per heavy atom. The molecule has 1 fully saturated rings. The summed E-state index contributed by atoms with van der Waals surface area (Å²) in [4.78, 5) is 11.4. The number of carboxylic acid groups (broad SMARTS) is 1. The molecule has 1 saturated carbocycles. The third-order valence-electron chi connectivity index (χ3n) is 2.93. The Bertz CT molecular complexity index is 444. The average molecular weight is 255 g/mol. The molecule has 0 aliphatic heterocycles. The molecule has 3 nitrogen and oxygen atoms in total. The number of anilines is 1. The Balaban J connectivity index is 2.23. The predicted octanol–water partition coefficient (Wildman–Crippen LogP) is 3.14. The van der Waals surface area contributed by atoms with Gasteiger partial charge in [-0.3, -0.25) is 0 Å². The molecule has 0 atom stereocenters. The minimum absolute atomic E-state index is 0.348. The minimum atomic E-state index is -1.29. The predicted molar refractivity (Wildman–Crippen MR) is 65.9 cm³/mol. The van der Waals surface area contributed by atoms with Gasteiger partial charge >= 0.3 is 5.97 Å². The molecule has 0 unspecified atom stereocenters. The van der Waals surface area contributed by atoms with Crippen LogP contribution in [0.25, 0.3) is 0 Å². The number of thioether (sulfide) groups is 1. The molecule has 0 bridgehead atoms. The first-order valence-corrected chi connectivity index (χ1v) is 6.45. The second-order valence-electron chi connectivity index (χ2n) is 4.20. The Hall–Kier alpha value is -1.23. The van der Waals surface area contributed by atoms with Crippen LogP contribution in [0.15, 0.2) is 17.0 Å². The van der Waals surface area contributed by atoms with Gasteiger partial charge in [0.15, 0.2) is 0 Å². The maximum Gasteiger partial charge on any atom is 0.338 e. The lowest BCUT2D eigenvalue weighted by atomic mass is 10.2. The van der Waals surface area contributed by atoms with Crippen LogP contribution < -0.4 is 5.73 Å². The van der Waals surface area contributed by atoms with Gasteiger partial charge in [0.2, 0.25) is 0 Å². The van der Waals surface area contributed by atoms with Crippen LogP contribution in [0.1, 0.15) is 36.0 Å². The maximum atomic E-state index is 13.5. The monoisotopic (exact) mass is 255 g/mol. The van der Waals surface area contributed by atoms with E-state index in [-0.39, 0.29) is 5.56 Å². The summed E-state index contributed by atoms with van der Waals surface area (Å²) in [6.45, 7) is 0. The SMILES string of the molecule is Nc1cc(C(=O)O)c(F)cc1SC1CCCC1. The van der Waals surface area contributed by atoms with Crippen molar-refractivity contribution in [2.45, 2.75) is 35.8 Å². The summed E-state index contributed by atoms with van der Waals surface area (Å²) >= 11 is 1.55. The van der Waals surface area contributed by atoms with Gasteiger partial charge in [0.05, 0.1) is 5.56 Å². The molecule has 3 N–H and O–H groups in total. The molecule has 0 saturated heterocycles. The quantitative estimate of drug-likeness (QED) is 0.814. The van der Waals surface area contributed by atoms with Crippen LogP contribution in [-0.4, -0.2) is 16.3 Å². The Morgan fingerprint density at radius 1 is 1.41 bits per heavy atom. The molecule has 1 aliphatic rings. The number of halogens is 1. The van der Waals surface area contributed by atoms with Crippen LogP contribution in [0, 0.1) is 5.82 Å². The topological polar surface area (TPSA) is 63.3 Å². The summed E-state index contributed by atoms with van der Waals surface area (Å²) < 4.78 is 13.5. The Kier molecular flexibility index (Phi) is 3.57. The summed E-state index contributed by atoms with van der Waals surface area (Å²) in [7, 11) is 0. The summed E-state index contributed by atoms with van der Waals surface area (Å²) in [6, 6.07) is 2.44. The summed E-state index contributed by atoms with van der Waals surface area (Å²) in [6.07, 6.45) is 4.64. The van der Waals surface area contributed by atoms with Gasteiger partial charge in [-0.15, -0.1) is 11.8 Å². The number of hydrogen-bond acceptors (Lipinski definition) is 3. The fourth-order valence-electron chi connectivity index (χ4n) is 2.02. The average Bonchev–Trinajstić information content (AvgIpc) is 2.75. The highest BCUT2D eigenvalue weighted by molar-refractivity contribution is 8.00. The fraction of sp³-hybridized carbons (Fsp3) is 0.417. The number of aromatic carboxylic acids is 1. The van der Waals surface area contributed by atoms with Crippen molar-refractivity contribution in [1.82, 2.24) is 0 Å². The van der Waals surface area contributed by atoms with Crippen molar-refractivity contribution < 1.29 is 14.3 Å². The van der Waals surface area contributed by atoms with Crippen LogP contribution in [0.2, 0.25) is 0 Å². The van der Waals surface area contributed by atoms with Gasteiger partial charge in [-0.05, 0) is 25.0 Å². The highest BCUT2D eigenvalue weighted by Crippen LogP contribution is 2.38. The number of rotatable bonds is 3. The van der Waals surface area contributed by atoms with Gasteiger partial charge in [0, 0.05) is 15.8 Å². The van der Waals surface area contributed by atoms with Crippen molar-refractivity contribution in [3.05, 3.63) is 23.5 Å². The number of hydrogen-bond donors (Lipinski definition) is 2. The van der Waals surface area contributed by atoms with E-state index in [1.165, 1.54) is 25.0 Å². The van der Waals surface area contributed by atoms with Gasteiger partial charge in [-0.1, -0.05) is 12.8 Å². The fourth-order valence-corrected chi connectivity index (χ4v) is 3.32. The molecule has 17 heavy (non-hydrogen) atoms. The van der Waals surface area contributed by atoms with Gasteiger partial charge in [0.1, 0.15) is 5.82 Å². The van der Waals surface area contributed by atoms with Crippen LogP contribution in [0.5, 0.6) is 0 Å². The second kappa shape index (κ2) is 4.96. The lowest BCUT2D eigenvalue weighted by Crippen LogP contribution is -2.04. The van der Waals surface area contributed by atoms with E-state index in [1.54, 1.807) is 11.8 Å². The zero-order valence-corrected chi connectivity index (χ0v) is 10.1. The molecule has 1 aromatic rings. The summed E-state index contributed by atoms with van der Waals surface area (Å²) in [5, 5.41) is 9.24. The first-order valence-electron chi connectivity index (χ1n) is 5.57. The highest BCUT2D eigenvalue weighted by atomic mass is 32.2. The van der Waals surface area contributed by atoms with E-state index in [2.05, 4.69) is 0 Å². The van der Waals surface area contributed by atoms with Crippen molar-refractivity contribution in [3.63, 3.8) is 0 Å². The van der Waals surface area contributed by atoms with Gasteiger partial charge in [-0.25, -0.2) is 9.18 Å². The lowest BCUT2D eigenvalue weighted by molar-refractivity contribution is 0.0692. The van der Waals surface area contributed by atoms with Crippen molar-refractivity contribution >= 4 is 23.4 Å². The number of nitrogens with two attached hydrogens (primary N) is 1. The van der Waals surface area contributed by atoms with Crippen molar-refractivity contribution in [3.8, 4) is 0 Å². The number of carboxylic acids is 1. The van der Waals surface area contributed by atoms with Crippen molar-refractivity contribution in [2.75, 3.05) is 5.73 Å². The molecular weight excluding hydrogens is 241 g/mol. The van der Waals surface area contributed by atoms with E-state index in [4.69, 9.17) is 10.8 Å². The first-order chi connectivity index (χ1) is 8.08. The molecule has 0 aromatic heterocycles. The van der Waals surface area contributed by atoms with E-state index >= 15 is 0 Å². The molecule has 0 spiro atoms. The summed E-state index contributed by atoms with van der Waals surface area (Å²) in [5.41, 5.74) is 5.74. The minimum Gasteiger partial charge on any atom is -0.478 e. The van der Waals surface area contributed by atoms with E-state index in [9.17, 15) is 9.18 Å². The summed E-state index contributed by atoms with van der Waals surface area (Å²) in [5.74, 6) is -2.00. The standard InChI is InChI=1S/C12H14FNO2S/c13-9-6-11(17-7-3-1-2-4-7)10(14)5-8(9)12(15)16/h5-7H,1-4,14H2,(H,15,16). The van der Waals surface area contributed by atoms with E-state index in [0.717, 1.165) is 12.8 Å². The molecule has 2 rings (SSSR count). The smallest absolute Gasteiger partial charge is 0.338 e. The van der Waals surface area contributed by atoms with E-state index in [0.29, 0.717) is 15.8 Å². The third-order valence-corrected chi connectivity index (χ3v) is 4.34. The molecule has 0 amide bonds. The number of benzene rings is 1. The van der Waals surface area contributed by atoms with Crippen molar-refractivity contribution in [2.24, 2.45) is 0 Å². The van der Waals surface area contributed by atoms with Gasteiger partial charge < -0.3 is 10.8 Å². The molecule has 5 heteroatoms. The first kappa shape index (κ1) is 12.2. The zero-order valence-electron chi connectivity index (χ0n) is 9.28. The van der Waals surface area contributed by atoms with Crippen LogP contribution >= 0.6 is 11.8 Å². The number of carbonyl (C=O) groups is 1. The number of nitrogen functional groups attached to an aromatic ring is 1. The molecule has 92 valence electrons.